The minimum atomic E-state index is -0.932. The topological polar surface area (TPSA) is 54.0 Å². The molecular weight excluding hydrogens is 332 g/mol. The third kappa shape index (κ3) is 4.74. The molecule has 2 aromatic rings. The van der Waals surface area contributed by atoms with E-state index in [0.717, 1.165) is 22.8 Å². The summed E-state index contributed by atoms with van der Waals surface area (Å²) in [5.74, 6) is -1.84. The maximum atomic E-state index is 13.2. The van der Waals surface area contributed by atoms with Crippen molar-refractivity contribution in [3.63, 3.8) is 0 Å². The van der Waals surface area contributed by atoms with Crippen LogP contribution in [0.5, 0.6) is 0 Å². The quantitative estimate of drug-likeness (QED) is 0.862. The van der Waals surface area contributed by atoms with E-state index in [9.17, 15) is 13.6 Å². The van der Waals surface area contributed by atoms with Gasteiger partial charge < -0.3 is 10.6 Å². The lowest BCUT2D eigenvalue weighted by Crippen LogP contribution is -2.36. The second-order valence-corrected chi connectivity index (χ2v) is 7.47. The van der Waals surface area contributed by atoms with Gasteiger partial charge in [0.15, 0.2) is 11.6 Å². The predicted molar refractivity (Wildman–Crippen MR) is 91.0 cm³/mol. The first kappa shape index (κ1) is 18.3. The number of rotatable bonds is 4. The van der Waals surface area contributed by atoms with Gasteiger partial charge in [-0.25, -0.2) is 18.6 Å². The molecule has 0 aliphatic heterocycles. The van der Waals surface area contributed by atoms with E-state index in [1.807, 2.05) is 5.38 Å². The van der Waals surface area contributed by atoms with Crippen LogP contribution >= 0.6 is 11.3 Å². The second kappa shape index (κ2) is 7.25. The highest BCUT2D eigenvalue weighted by Gasteiger charge is 2.18. The molecule has 0 aliphatic carbocycles. The Morgan fingerprint density at radius 1 is 1.29 bits per heavy atom. The zero-order chi connectivity index (χ0) is 17.9. The predicted octanol–water partition coefficient (Wildman–Crippen LogP) is 4.28. The minimum absolute atomic E-state index is 0.0215. The molecule has 0 spiro atoms. The molecule has 1 unspecified atom stereocenters. The van der Waals surface area contributed by atoms with E-state index in [2.05, 4.69) is 36.4 Å². The summed E-state index contributed by atoms with van der Waals surface area (Å²) in [6, 6.07) is 2.73. The van der Waals surface area contributed by atoms with Crippen LogP contribution < -0.4 is 10.6 Å². The molecule has 0 saturated carbocycles. The highest BCUT2D eigenvalue weighted by atomic mass is 32.1. The standard InChI is InChI=1S/C17H21F2N3OS/c1-10(11-5-6-13(18)14(19)7-11)21-16(23)20-8-12-9-24-15(22-12)17(2,3)4/h5-7,9-10H,8H2,1-4H3,(H2,20,21,23). The zero-order valence-corrected chi connectivity index (χ0v) is 14.9. The van der Waals surface area contributed by atoms with Crippen LogP contribution in [0.2, 0.25) is 0 Å². The van der Waals surface area contributed by atoms with Gasteiger partial charge in [0.2, 0.25) is 0 Å². The van der Waals surface area contributed by atoms with Gasteiger partial charge in [-0.2, -0.15) is 0 Å². The summed E-state index contributed by atoms with van der Waals surface area (Å²) >= 11 is 1.56. The van der Waals surface area contributed by atoms with Crippen molar-refractivity contribution in [1.29, 1.82) is 0 Å². The lowest BCUT2D eigenvalue weighted by atomic mass is 9.98. The molecule has 0 radical (unpaired) electrons. The Kier molecular flexibility index (Phi) is 5.54. The van der Waals surface area contributed by atoms with Crippen molar-refractivity contribution in [3.8, 4) is 0 Å². The molecule has 2 amide bonds. The molecule has 0 bridgehead atoms. The number of hydrogen-bond acceptors (Lipinski definition) is 3. The Balaban J connectivity index is 1.88. The van der Waals surface area contributed by atoms with Crippen molar-refractivity contribution in [3.05, 3.63) is 51.5 Å². The fourth-order valence-corrected chi connectivity index (χ4v) is 2.92. The Labute approximate surface area is 144 Å². The Morgan fingerprint density at radius 3 is 2.58 bits per heavy atom. The molecule has 24 heavy (non-hydrogen) atoms. The molecule has 7 heteroatoms. The van der Waals surface area contributed by atoms with Crippen molar-refractivity contribution in [2.45, 2.75) is 45.7 Å². The summed E-state index contributed by atoms with van der Waals surface area (Å²) in [6.45, 7) is 8.26. The molecule has 1 heterocycles. The number of benzene rings is 1. The van der Waals surface area contributed by atoms with Crippen LogP contribution in [0.25, 0.3) is 0 Å². The summed E-state index contributed by atoms with van der Waals surface area (Å²) in [5, 5.41) is 8.33. The summed E-state index contributed by atoms with van der Waals surface area (Å²) in [7, 11) is 0. The van der Waals surface area contributed by atoms with Crippen LogP contribution in [0.4, 0.5) is 13.6 Å². The van der Waals surface area contributed by atoms with E-state index >= 15 is 0 Å². The number of thiazole rings is 1. The van der Waals surface area contributed by atoms with Gasteiger partial charge in [-0.15, -0.1) is 11.3 Å². The normalized spacial score (nSPS) is 12.8. The highest BCUT2D eigenvalue weighted by Crippen LogP contribution is 2.25. The van der Waals surface area contributed by atoms with Crippen LogP contribution in [0, 0.1) is 11.6 Å². The summed E-state index contributed by atoms with van der Waals surface area (Å²) in [4.78, 5) is 16.4. The molecule has 1 aromatic carbocycles. The van der Waals surface area contributed by atoms with Crippen LogP contribution in [-0.4, -0.2) is 11.0 Å². The van der Waals surface area contributed by atoms with Crippen LogP contribution in [0.1, 0.15) is 50.0 Å². The number of nitrogens with zero attached hydrogens (tertiary/aromatic N) is 1. The SMILES string of the molecule is CC(NC(=O)NCc1csc(C(C)(C)C)n1)c1ccc(F)c(F)c1. The van der Waals surface area contributed by atoms with Crippen molar-refractivity contribution in [2.24, 2.45) is 0 Å². The average molecular weight is 353 g/mol. The Morgan fingerprint density at radius 2 is 2.00 bits per heavy atom. The smallest absolute Gasteiger partial charge is 0.315 e. The number of urea groups is 1. The molecule has 4 nitrogen and oxygen atoms in total. The fourth-order valence-electron chi connectivity index (χ4n) is 2.02. The van der Waals surface area contributed by atoms with Crippen molar-refractivity contribution < 1.29 is 13.6 Å². The lowest BCUT2D eigenvalue weighted by molar-refractivity contribution is 0.237. The van der Waals surface area contributed by atoms with E-state index < -0.39 is 23.7 Å². The number of hydrogen-bond donors (Lipinski definition) is 2. The van der Waals surface area contributed by atoms with Gasteiger partial charge in [-0.1, -0.05) is 26.8 Å². The molecule has 1 aromatic heterocycles. The molecule has 0 saturated heterocycles. The first-order valence-electron chi connectivity index (χ1n) is 7.61. The number of halogens is 2. The molecule has 0 fully saturated rings. The van der Waals surface area contributed by atoms with Crippen LogP contribution in [0.3, 0.4) is 0 Å². The fraction of sp³-hybridized carbons (Fsp3) is 0.412. The van der Waals surface area contributed by atoms with Crippen molar-refractivity contribution >= 4 is 17.4 Å². The van der Waals surface area contributed by atoms with Crippen molar-refractivity contribution in [1.82, 2.24) is 15.6 Å². The van der Waals surface area contributed by atoms with E-state index in [4.69, 9.17) is 0 Å². The first-order chi connectivity index (χ1) is 11.2. The Hall–Kier alpha value is -2.02. The maximum Gasteiger partial charge on any atom is 0.315 e. The van der Waals surface area contributed by atoms with Gasteiger partial charge in [-0.05, 0) is 24.6 Å². The van der Waals surface area contributed by atoms with Gasteiger partial charge in [0.05, 0.1) is 23.3 Å². The molecule has 130 valence electrons. The van der Waals surface area contributed by atoms with Crippen LogP contribution in [-0.2, 0) is 12.0 Å². The maximum absolute atomic E-state index is 13.2. The van der Waals surface area contributed by atoms with Gasteiger partial charge in [0.25, 0.3) is 0 Å². The number of nitrogens with one attached hydrogen (secondary N) is 2. The average Bonchev–Trinajstić information content (AvgIpc) is 2.97. The number of aromatic nitrogens is 1. The summed E-state index contributed by atoms with van der Waals surface area (Å²) < 4.78 is 26.2. The molecular formula is C17H21F2N3OS. The highest BCUT2D eigenvalue weighted by molar-refractivity contribution is 7.09. The third-order valence-electron chi connectivity index (χ3n) is 3.41. The zero-order valence-electron chi connectivity index (χ0n) is 14.1. The molecule has 0 aliphatic rings. The molecule has 2 N–H and O–H groups in total. The van der Waals surface area contributed by atoms with E-state index in [0.29, 0.717) is 12.1 Å². The van der Waals surface area contributed by atoms with E-state index in [1.54, 1.807) is 18.3 Å². The monoisotopic (exact) mass is 353 g/mol. The number of amides is 2. The lowest BCUT2D eigenvalue weighted by Gasteiger charge is -2.15. The summed E-state index contributed by atoms with van der Waals surface area (Å²) in [5.41, 5.74) is 1.26. The molecule has 1 atom stereocenters. The third-order valence-corrected chi connectivity index (χ3v) is 4.73. The van der Waals surface area contributed by atoms with Crippen LogP contribution in [0.15, 0.2) is 23.6 Å². The van der Waals surface area contributed by atoms with E-state index in [1.165, 1.54) is 6.07 Å². The van der Waals surface area contributed by atoms with Gasteiger partial charge in [-0.3, -0.25) is 0 Å². The van der Waals surface area contributed by atoms with Crippen molar-refractivity contribution in [2.75, 3.05) is 0 Å². The summed E-state index contributed by atoms with van der Waals surface area (Å²) in [6.07, 6.45) is 0. The number of carbonyl (C=O) groups is 1. The van der Waals surface area contributed by atoms with E-state index in [-0.39, 0.29) is 5.41 Å². The second-order valence-electron chi connectivity index (χ2n) is 6.62. The minimum Gasteiger partial charge on any atom is -0.332 e. The van der Waals surface area contributed by atoms with Gasteiger partial charge in [0, 0.05) is 10.8 Å². The largest absolute Gasteiger partial charge is 0.332 e. The molecule has 2 rings (SSSR count). The number of carbonyl (C=O) groups excluding carboxylic acids is 1. The van der Waals surface area contributed by atoms with Gasteiger partial charge >= 0.3 is 6.03 Å². The first-order valence-corrected chi connectivity index (χ1v) is 8.49. The van der Waals surface area contributed by atoms with Gasteiger partial charge in [0.1, 0.15) is 0 Å². The Bertz CT molecular complexity index is 725.